The van der Waals surface area contributed by atoms with Crippen LogP contribution in [0.1, 0.15) is 77.3 Å². The molecule has 0 saturated carbocycles. The molecule has 166 valence electrons. The highest BCUT2D eigenvalue weighted by Crippen LogP contribution is 2.33. The van der Waals surface area contributed by atoms with Gasteiger partial charge in [0.2, 0.25) is 0 Å². The summed E-state index contributed by atoms with van der Waals surface area (Å²) >= 11 is 6.42. The smallest absolute Gasteiger partial charge is 0.338 e. The van der Waals surface area contributed by atoms with Crippen molar-refractivity contribution in [3.8, 4) is 5.75 Å². The number of amides is 2. The van der Waals surface area contributed by atoms with Gasteiger partial charge in [0.15, 0.2) is 0 Å². The van der Waals surface area contributed by atoms with E-state index in [1.807, 2.05) is 6.07 Å². The Kier molecular flexibility index (Phi) is 10.0. The molecule has 2 amide bonds. The van der Waals surface area contributed by atoms with Crippen molar-refractivity contribution in [2.24, 2.45) is 0 Å². The van der Waals surface area contributed by atoms with E-state index in [-0.39, 0.29) is 12.6 Å². The fourth-order valence-corrected chi connectivity index (χ4v) is 3.72. The van der Waals surface area contributed by atoms with Gasteiger partial charge >= 0.3 is 12.0 Å². The Morgan fingerprint density at radius 2 is 1.80 bits per heavy atom. The zero-order valence-corrected chi connectivity index (χ0v) is 18.9. The number of hydrogen-bond acceptors (Lipinski definition) is 4. The largest absolute Gasteiger partial charge is 0.492 e. The minimum atomic E-state index is -0.632. The van der Waals surface area contributed by atoms with E-state index in [0.29, 0.717) is 34.2 Å². The predicted molar refractivity (Wildman–Crippen MR) is 119 cm³/mol. The molecular weight excluding hydrogens is 404 g/mol. The summed E-state index contributed by atoms with van der Waals surface area (Å²) < 4.78 is 11.0. The Morgan fingerprint density at radius 1 is 1.10 bits per heavy atom. The van der Waals surface area contributed by atoms with Gasteiger partial charge in [-0.2, -0.15) is 0 Å². The third-order valence-electron chi connectivity index (χ3n) is 5.06. The van der Waals surface area contributed by atoms with Crippen molar-refractivity contribution < 1.29 is 19.1 Å². The topological polar surface area (TPSA) is 76.7 Å². The van der Waals surface area contributed by atoms with Gasteiger partial charge in [0.25, 0.3) is 0 Å². The maximum absolute atomic E-state index is 12.4. The summed E-state index contributed by atoms with van der Waals surface area (Å²) in [4.78, 5) is 24.4. The van der Waals surface area contributed by atoms with Crippen LogP contribution in [-0.4, -0.2) is 25.2 Å². The van der Waals surface area contributed by atoms with E-state index in [0.717, 1.165) is 12.8 Å². The molecule has 0 saturated heterocycles. The van der Waals surface area contributed by atoms with Crippen LogP contribution in [0.4, 0.5) is 4.79 Å². The number of carbonyl (C=O) groups is 2. The SMILES string of the molecule is CCCCCCCCCOc1ccc(C2NC(=O)NC(C)=C2C(=O)OCC)cc1Cl. The number of urea groups is 1. The van der Waals surface area contributed by atoms with Crippen molar-refractivity contribution in [2.45, 2.75) is 71.8 Å². The third-order valence-corrected chi connectivity index (χ3v) is 5.35. The maximum Gasteiger partial charge on any atom is 0.338 e. The molecule has 0 aromatic heterocycles. The maximum atomic E-state index is 12.4. The number of rotatable bonds is 12. The highest BCUT2D eigenvalue weighted by Gasteiger charge is 2.32. The molecule has 2 rings (SSSR count). The summed E-state index contributed by atoms with van der Waals surface area (Å²) in [6.45, 7) is 6.51. The summed E-state index contributed by atoms with van der Waals surface area (Å²) in [6.07, 6.45) is 8.52. The van der Waals surface area contributed by atoms with Crippen molar-refractivity contribution in [3.05, 3.63) is 40.1 Å². The van der Waals surface area contributed by atoms with E-state index in [1.165, 1.54) is 32.1 Å². The third kappa shape index (κ3) is 6.94. The number of allylic oxidation sites excluding steroid dienone is 1. The van der Waals surface area contributed by atoms with Crippen molar-refractivity contribution >= 4 is 23.6 Å². The van der Waals surface area contributed by atoms with Gasteiger partial charge in [0.05, 0.1) is 29.9 Å². The number of unbranched alkanes of at least 4 members (excludes halogenated alkanes) is 6. The number of ether oxygens (including phenoxy) is 2. The average Bonchev–Trinajstić information content (AvgIpc) is 2.70. The fourth-order valence-electron chi connectivity index (χ4n) is 3.48. The second-order valence-corrected chi connectivity index (χ2v) is 7.86. The molecule has 1 aromatic carbocycles. The molecule has 30 heavy (non-hydrogen) atoms. The lowest BCUT2D eigenvalue weighted by Crippen LogP contribution is -2.45. The Morgan fingerprint density at radius 3 is 2.47 bits per heavy atom. The van der Waals surface area contributed by atoms with E-state index in [2.05, 4.69) is 17.6 Å². The molecule has 1 unspecified atom stereocenters. The minimum Gasteiger partial charge on any atom is -0.492 e. The summed E-state index contributed by atoms with van der Waals surface area (Å²) in [5.41, 5.74) is 1.53. The van der Waals surface area contributed by atoms with Gasteiger partial charge in [-0.3, -0.25) is 0 Å². The Hall–Kier alpha value is -2.21. The Balaban J connectivity index is 1.98. The van der Waals surface area contributed by atoms with Crippen molar-refractivity contribution in [3.63, 3.8) is 0 Å². The number of nitrogens with one attached hydrogen (secondary N) is 2. The number of carbonyl (C=O) groups excluding carboxylic acids is 2. The number of esters is 1. The quantitative estimate of drug-likeness (QED) is 0.327. The molecule has 1 aliphatic rings. The average molecular weight is 437 g/mol. The van der Waals surface area contributed by atoms with Crippen LogP contribution in [0.25, 0.3) is 0 Å². The van der Waals surface area contributed by atoms with Crippen LogP contribution < -0.4 is 15.4 Å². The van der Waals surface area contributed by atoms with Crippen LogP contribution >= 0.6 is 11.6 Å². The van der Waals surface area contributed by atoms with Crippen LogP contribution in [0, 0.1) is 0 Å². The zero-order valence-electron chi connectivity index (χ0n) is 18.2. The van der Waals surface area contributed by atoms with Crippen molar-refractivity contribution in [1.82, 2.24) is 10.6 Å². The van der Waals surface area contributed by atoms with E-state index in [9.17, 15) is 9.59 Å². The van der Waals surface area contributed by atoms with Gasteiger partial charge in [-0.25, -0.2) is 9.59 Å². The van der Waals surface area contributed by atoms with Crippen LogP contribution in [0.5, 0.6) is 5.75 Å². The first kappa shape index (κ1) is 24.1. The lowest BCUT2D eigenvalue weighted by Gasteiger charge is -2.28. The Bertz CT molecular complexity index is 764. The lowest BCUT2D eigenvalue weighted by molar-refractivity contribution is -0.139. The second kappa shape index (κ2) is 12.5. The summed E-state index contributed by atoms with van der Waals surface area (Å²) in [6, 6.07) is 4.32. The molecule has 1 atom stereocenters. The van der Waals surface area contributed by atoms with Gasteiger partial charge < -0.3 is 20.1 Å². The zero-order chi connectivity index (χ0) is 21.9. The van der Waals surface area contributed by atoms with Crippen LogP contribution in [0.2, 0.25) is 5.02 Å². The van der Waals surface area contributed by atoms with Crippen molar-refractivity contribution in [2.75, 3.05) is 13.2 Å². The normalized spacial score (nSPS) is 16.1. The lowest BCUT2D eigenvalue weighted by atomic mass is 9.95. The molecule has 1 heterocycles. The summed E-state index contributed by atoms with van der Waals surface area (Å²) in [5, 5.41) is 5.84. The highest BCUT2D eigenvalue weighted by atomic mass is 35.5. The molecule has 0 bridgehead atoms. The van der Waals surface area contributed by atoms with Crippen LogP contribution in [0.3, 0.4) is 0 Å². The first-order valence-corrected chi connectivity index (χ1v) is 11.2. The number of halogens is 1. The molecule has 6 nitrogen and oxygen atoms in total. The number of benzene rings is 1. The molecule has 7 heteroatoms. The molecule has 0 radical (unpaired) electrons. The van der Waals surface area contributed by atoms with Crippen LogP contribution in [0.15, 0.2) is 29.5 Å². The first-order valence-electron chi connectivity index (χ1n) is 10.9. The molecule has 0 aliphatic carbocycles. The van der Waals surface area contributed by atoms with E-state index in [1.54, 1.807) is 26.0 Å². The van der Waals surface area contributed by atoms with Gasteiger partial charge in [0.1, 0.15) is 5.75 Å². The van der Waals surface area contributed by atoms with Crippen LogP contribution in [-0.2, 0) is 9.53 Å². The van der Waals surface area contributed by atoms with Gasteiger partial charge in [-0.1, -0.05) is 63.1 Å². The molecule has 0 spiro atoms. The predicted octanol–water partition coefficient (Wildman–Crippen LogP) is 5.66. The Labute approximate surface area is 184 Å². The monoisotopic (exact) mass is 436 g/mol. The van der Waals surface area contributed by atoms with Gasteiger partial charge in [-0.05, 0) is 38.0 Å². The molecule has 1 aliphatic heterocycles. The molecule has 0 fully saturated rings. The second-order valence-electron chi connectivity index (χ2n) is 7.45. The summed E-state index contributed by atoms with van der Waals surface area (Å²) in [5.74, 6) is 0.132. The van der Waals surface area contributed by atoms with Crippen molar-refractivity contribution in [1.29, 1.82) is 0 Å². The number of hydrogen-bond donors (Lipinski definition) is 2. The molecular formula is C23H33ClN2O4. The minimum absolute atomic E-state index is 0.252. The standard InChI is InChI=1S/C23H33ClN2O4/c1-4-6-7-8-9-10-11-14-30-19-13-12-17(15-18(19)24)21-20(22(27)29-5-2)16(3)25-23(28)26-21/h12-13,15,21H,4-11,14H2,1-3H3,(H2,25,26,28). The van der Waals surface area contributed by atoms with E-state index < -0.39 is 12.0 Å². The van der Waals surface area contributed by atoms with E-state index >= 15 is 0 Å². The fraction of sp³-hybridized carbons (Fsp3) is 0.565. The summed E-state index contributed by atoms with van der Waals surface area (Å²) in [7, 11) is 0. The van der Waals surface area contributed by atoms with Gasteiger partial charge in [0, 0.05) is 5.70 Å². The highest BCUT2D eigenvalue weighted by molar-refractivity contribution is 6.32. The van der Waals surface area contributed by atoms with E-state index in [4.69, 9.17) is 21.1 Å². The molecule has 2 N–H and O–H groups in total. The molecule has 1 aromatic rings. The van der Waals surface area contributed by atoms with Gasteiger partial charge in [-0.15, -0.1) is 0 Å². The first-order chi connectivity index (χ1) is 14.5.